The molecule has 0 saturated heterocycles. The Hall–Kier alpha value is -1.89. The van der Waals surface area contributed by atoms with E-state index in [9.17, 15) is 9.59 Å². The Labute approximate surface area is 112 Å². The fourth-order valence-electron chi connectivity index (χ4n) is 1.45. The predicted octanol–water partition coefficient (Wildman–Crippen LogP) is 0.0137. The summed E-state index contributed by atoms with van der Waals surface area (Å²) in [6.07, 6.45) is 0. The van der Waals surface area contributed by atoms with Gasteiger partial charge in [-0.15, -0.1) is 0 Å². The van der Waals surface area contributed by atoms with Crippen molar-refractivity contribution in [2.75, 3.05) is 38.6 Å². The first-order valence-electron chi connectivity index (χ1n) is 6.03. The summed E-state index contributed by atoms with van der Waals surface area (Å²) in [6, 6.07) is 1.62. The third kappa shape index (κ3) is 5.09. The first kappa shape index (κ1) is 15.2. The Morgan fingerprint density at radius 1 is 1.42 bits per heavy atom. The molecule has 19 heavy (non-hydrogen) atoms. The summed E-state index contributed by atoms with van der Waals surface area (Å²) < 4.78 is 4.91. The molecule has 7 nitrogen and oxygen atoms in total. The van der Waals surface area contributed by atoms with E-state index in [0.717, 1.165) is 6.54 Å². The molecule has 1 heterocycles. The number of aromatic nitrogens is 1. The smallest absolute Gasteiger partial charge is 0.240 e. The fourth-order valence-corrected chi connectivity index (χ4v) is 1.45. The number of nitrogens with zero attached hydrogens (tertiary/aromatic N) is 3. The molecule has 0 aliphatic rings. The molecular formula is C12H20N4O3. The lowest BCUT2D eigenvalue weighted by Gasteiger charge is -2.17. The van der Waals surface area contributed by atoms with E-state index < -0.39 is 0 Å². The first-order chi connectivity index (χ1) is 8.90. The third-order valence-corrected chi connectivity index (χ3v) is 2.46. The summed E-state index contributed by atoms with van der Waals surface area (Å²) >= 11 is 0. The monoisotopic (exact) mass is 268 g/mol. The number of rotatable bonds is 6. The van der Waals surface area contributed by atoms with Gasteiger partial charge in [-0.05, 0) is 21.0 Å². The molecule has 1 aromatic rings. The second-order valence-electron chi connectivity index (χ2n) is 4.55. The van der Waals surface area contributed by atoms with E-state index >= 15 is 0 Å². The van der Waals surface area contributed by atoms with Gasteiger partial charge < -0.3 is 14.7 Å². The molecule has 0 aliphatic carbocycles. The number of amides is 2. The minimum atomic E-state index is -0.254. The van der Waals surface area contributed by atoms with Crippen LogP contribution in [0, 0.1) is 6.92 Å². The molecular weight excluding hydrogens is 248 g/mol. The molecule has 106 valence electrons. The predicted molar refractivity (Wildman–Crippen MR) is 70.8 cm³/mol. The Bertz CT molecular complexity index is 442. The van der Waals surface area contributed by atoms with Crippen LogP contribution in [0.15, 0.2) is 10.6 Å². The van der Waals surface area contributed by atoms with Crippen LogP contribution in [0.5, 0.6) is 0 Å². The molecule has 1 N–H and O–H groups in total. The van der Waals surface area contributed by atoms with Crippen molar-refractivity contribution in [3.8, 4) is 0 Å². The van der Waals surface area contributed by atoms with Crippen molar-refractivity contribution < 1.29 is 14.1 Å². The van der Waals surface area contributed by atoms with Gasteiger partial charge in [-0.2, -0.15) is 0 Å². The molecule has 0 atom stereocenters. The molecule has 0 unspecified atom stereocenters. The van der Waals surface area contributed by atoms with Crippen molar-refractivity contribution in [2.24, 2.45) is 0 Å². The average molecular weight is 268 g/mol. The lowest BCUT2D eigenvalue weighted by Crippen LogP contribution is -2.41. The Morgan fingerprint density at radius 2 is 2.11 bits per heavy atom. The van der Waals surface area contributed by atoms with Crippen LogP contribution in [0.25, 0.3) is 0 Å². The number of aryl methyl sites for hydroxylation is 1. The molecule has 0 saturated carbocycles. The molecule has 0 radical (unpaired) electrons. The Morgan fingerprint density at radius 3 is 2.58 bits per heavy atom. The number of hydrogen-bond donors (Lipinski definition) is 1. The maximum atomic E-state index is 11.7. The van der Waals surface area contributed by atoms with Crippen molar-refractivity contribution in [3.05, 3.63) is 11.8 Å². The lowest BCUT2D eigenvalue weighted by atomic mass is 10.4. The van der Waals surface area contributed by atoms with Gasteiger partial charge in [0.25, 0.3) is 0 Å². The van der Waals surface area contributed by atoms with Gasteiger partial charge in [0, 0.05) is 26.1 Å². The highest BCUT2D eigenvalue weighted by Gasteiger charge is 2.18. The zero-order valence-corrected chi connectivity index (χ0v) is 11.8. The molecule has 1 rings (SSSR count). The van der Waals surface area contributed by atoms with Gasteiger partial charge in [0.15, 0.2) is 5.82 Å². The van der Waals surface area contributed by atoms with E-state index in [1.54, 1.807) is 13.0 Å². The quantitative estimate of drug-likeness (QED) is 0.786. The van der Waals surface area contributed by atoms with E-state index in [-0.39, 0.29) is 18.4 Å². The number of carbonyl (C=O) groups excluding carboxylic acids is 2. The molecule has 0 fully saturated rings. The van der Waals surface area contributed by atoms with E-state index in [1.807, 2.05) is 19.0 Å². The number of likely N-dealkylation sites (N-methyl/N-ethyl adjacent to an activating group) is 1. The van der Waals surface area contributed by atoms with Crippen molar-refractivity contribution in [1.82, 2.24) is 15.4 Å². The largest absolute Gasteiger partial charge is 0.360 e. The van der Waals surface area contributed by atoms with Gasteiger partial charge in [-0.1, -0.05) is 5.16 Å². The highest BCUT2D eigenvalue weighted by atomic mass is 16.5. The zero-order valence-electron chi connectivity index (χ0n) is 11.8. The second kappa shape index (κ2) is 6.89. The van der Waals surface area contributed by atoms with Crippen molar-refractivity contribution >= 4 is 17.6 Å². The molecule has 0 bridgehead atoms. The van der Waals surface area contributed by atoms with Crippen LogP contribution in [0.3, 0.4) is 0 Å². The van der Waals surface area contributed by atoms with Gasteiger partial charge in [-0.3, -0.25) is 14.5 Å². The molecule has 0 aromatic carbocycles. The van der Waals surface area contributed by atoms with Gasteiger partial charge in [0.2, 0.25) is 11.8 Å². The van der Waals surface area contributed by atoms with Crippen molar-refractivity contribution in [1.29, 1.82) is 0 Å². The van der Waals surface area contributed by atoms with E-state index in [0.29, 0.717) is 18.1 Å². The second-order valence-corrected chi connectivity index (χ2v) is 4.55. The van der Waals surface area contributed by atoms with Gasteiger partial charge >= 0.3 is 0 Å². The lowest BCUT2D eigenvalue weighted by molar-refractivity contribution is -0.123. The summed E-state index contributed by atoms with van der Waals surface area (Å²) in [5.74, 6) is 0.468. The van der Waals surface area contributed by atoms with Gasteiger partial charge in [0.1, 0.15) is 12.3 Å². The van der Waals surface area contributed by atoms with Crippen LogP contribution in [-0.2, 0) is 9.59 Å². The normalized spacial score (nSPS) is 10.6. The molecule has 1 aromatic heterocycles. The van der Waals surface area contributed by atoms with Crippen LogP contribution in [0.2, 0.25) is 0 Å². The maximum absolute atomic E-state index is 11.7. The van der Waals surface area contributed by atoms with E-state index in [1.165, 1.54) is 11.8 Å². The maximum Gasteiger partial charge on any atom is 0.240 e. The average Bonchev–Trinajstić information content (AvgIpc) is 2.71. The zero-order chi connectivity index (χ0) is 14.4. The van der Waals surface area contributed by atoms with Crippen molar-refractivity contribution in [3.63, 3.8) is 0 Å². The number of hydrogen-bond acceptors (Lipinski definition) is 5. The van der Waals surface area contributed by atoms with E-state index in [2.05, 4.69) is 10.5 Å². The topological polar surface area (TPSA) is 78.7 Å². The van der Waals surface area contributed by atoms with Crippen LogP contribution < -0.4 is 10.2 Å². The summed E-state index contributed by atoms with van der Waals surface area (Å²) in [5, 5.41) is 6.48. The first-order valence-corrected chi connectivity index (χ1v) is 6.03. The highest BCUT2D eigenvalue weighted by Crippen LogP contribution is 2.13. The number of nitrogens with one attached hydrogen (secondary N) is 1. The number of anilines is 1. The summed E-state index contributed by atoms with van der Waals surface area (Å²) in [5.41, 5.74) is 0. The van der Waals surface area contributed by atoms with Crippen LogP contribution in [0.4, 0.5) is 5.82 Å². The van der Waals surface area contributed by atoms with Crippen LogP contribution in [0.1, 0.15) is 12.7 Å². The Kier molecular flexibility index (Phi) is 5.50. The molecule has 0 aliphatic heterocycles. The molecule has 7 heteroatoms. The Balaban J connectivity index is 2.55. The van der Waals surface area contributed by atoms with Gasteiger partial charge in [0.05, 0.1) is 0 Å². The van der Waals surface area contributed by atoms with Crippen LogP contribution in [-0.4, -0.2) is 55.6 Å². The summed E-state index contributed by atoms with van der Waals surface area (Å²) in [6.45, 7) is 4.34. The van der Waals surface area contributed by atoms with E-state index in [4.69, 9.17) is 4.52 Å². The summed E-state index contributed by atoms with van der Waals surface area (Å²) in [7, 11) is 3.85. The van der Waals surface area contributed by atoms with Crippen LogP contribution >= 0.6 is 0 Å². The molecule has 0 spiro atoms. The number of carbonyl (C=O) groups is 2. The standard InChI is InChI=1S/C12H20N4O3/c1-9-7-11(14-19-9)16(10(2)17)8-12(18)13-5-6-15(3)4/h7H,5-6,8H2,1-4H3,(H,13,18). The van der Waals surface area contributed by atoms with Crippen molar-refractivity contribution in [2.45, 2.75) is 13.8 Å². The highest BCUT2D eigenvalue weighted by molar-refractivity contribution is 5.96. The SMILES string of the molecule is CC(=O)N(CC(=O)NCCN(C)C)c1cc(C)on1. The minimum absolute atomic E-state index is 0.0608. The summed E-state index contributed by atoms with van der Waals surface area (Å²) in [4.78, 5) is 26.5. The van der Waals surface area contributed by atoms with Gasteiger partial charge in [-0.25, -0.2) is 0 Å². The molecule has 2 amide bonds. The minimum Gasteiger partial charge on any atom is -0.360 e. The third-order valence-electron chi connectivity index (χ3n) is 2.46. The fraction of sp³-hybridized carbons (Fsp3) is 0.583.